The van der Waals surface area contributed by atoms with E-state index < -0.39 is 0 Å². The molecule has 0 aliphatic rings. The van der Waals surface area contributed by atoms with Crippen molar-refractivity contribution in [3.63, 3.8) is 0 Å². The minimum Gasteiger partial charge on any atom is -0.495 e. The van der Waals surface area contributed by atoms with Gasteiger partial charge in [-0.3, -0.25) is 4.98 Å². The molecule has 0 fully saturated rings. The number of ether oxygens (including phenoxy) is 1. The number of benzene rings is 1. The van der Waals surface area contributed by atoms with Gasteiger partial charge in [0, 0.05) is 6.42 Å². The Balaban J connectivity index is 2.22. The predicted octanol–water partition coefficient (Wildman–Crippen LogP) is 0.280. The van der Waals surface area contributed by atoms with E-state index in [1.54, 1.807) is 19.2 Å². The number of aromatic amines is 2. The van der Waals surface area contributed by atoms with Crippen LogP contribution in [0.15, 0.2) is 23.0 Å². The summed E-state index contributed by atoms with van der Waals surface area (Å²) in [5, 5.41) is 6.13. The van der Waals surface area contributed by atoms with E-state index in [1.165, 1.54) is 0 Å². The van der Waals surface area contributed by atoms with E-state index >= 15 is 0 Å². The van der Waals surface area contributed by atoms with E-state index in [2.05, 4.69) is 15.2 Å². The standard InChI is InChI=1S/C10H12N4O2/c1-16-8-3-2-6(4-7(8)11)5-9-12-10(15)14-13-9/h2-4H,5,11H2,1H3,(H2,12,13,14,15). The first-order valence-electron chi connectivity index (χ1n) is 4.75. The van der Waals surface area contributed by atoms with Crippen LogP contribution in [0.5, 0.6) is 5.75 Å². The summed E-state index contributed by atoms with van der Waals surface area (Å²) in [6.07, 6.45) is 0.521. The average molecular weight is 220 g/mol. The smallest absolute Gasteiger partial charge is 0.340 e. The number of anilines is 1. The molecule has 2 aromatic rings. The van der Waals surface area contributed by atoms with Crippen molar-refractivity contribution in [1.82, 2.24) is 15.2 Å². The zero-order chi connectivity index (χ0) is 11.5. The summed E-state index contributed by atoms with van der Waals surface area (Å²) < 4.78 is 5.05. The Morgan fingerprint density at radius 1 is 1.50 bits per heavy atom. The van der Waals surface area contributed by atoms with Crippen molar-refractivity contribution in [2.24, 2.45) is 0 Å². The van der Waals surface area contributed by atoms with Crippen molar-refractivity contribution in [3.05, 3.63) is 40.1 Å². The SMILES string of the molecule is COc1ccc(Cc2n[nH]c(=O)[nH]2)cc1N. The molecule has 6 nitrogen and oxygen atoms in total. The normalized spacial score (nSPS) is 10.3. The molecule has 0 amide bonds. The second-order valence-electron chi connectivity index (χ2n) is 3.38. The number of nitrogens with zero attached hydrogens (tertiary/aromatic N) is 1. The van der Waals surface area contributed by atoms with Crippen LogP contribution in [0.3, 0.4) is 0 Å². The molecule has 6 heteroatoms. The predicted molar refractivity (Wildman–Crippen MR) is 59.4 cm³/mol. The topological polar surface area (TPSA) is 96.8 Å². The molecule has 0 bridgehead atoms. The molecule has 0 radical (unpaired) electrons. The van der Waals surface area contributed by atoms with Crippen molar-refractivity contribution in [3.8, 4) is 5.75 Å². The first-order chi connectivity index (χ1) is 7.69. The van der Waals surface area contributed by atoms with Crippen molar-refractivity contribution >= 4 is 5.69 Å². The first kappa shape index (κ1) is 10.3. The van der Waals surface area contributed by atoms with Gasteiger partial charge in [-0.2, -0.15) is 5.10 Å². The highest BCUT2D eigenvalue weighted by molar-refractivity contribution is 5.54. The molecular formula is C10H12N4O2. The maximum absolute atomic E-state index is 10.8. The minimum atomic E-state index is -0.309. The van der Waals surface area contributed by atoms with Crippen LogP contribution in [0.2, 0.25) is 0 Å². The fraction of sp³-hybridized carbons (Fsp3) is 0.200. The summed E-state index contributed by atoms with van der Waals surface area (Å²) in [7, 11) is 1.57. The Bertz CT molecular complexity index is 544. The molecule has 16 heavy (non-hydrogen) atoms. The van der Waals surface area contributed by atoms with E-state index in [1.807, 2.05) is 6.07 Å². The maximum atomic E-state index is 10.8. The third kappa shape index (κ3) is 2.05. The van der Waals surface area contributed by atoms with E-state index in [9.17, 15) is 4.79 Å². The molecule has 4 N–H and O–H groups in total. The Labute approximate surface area is 91.5 Å². The molecule has 2 rings (SSSR count). The summed E-state index contributed by atoms with van der Waals surface area (Å²) in [6, 6.07) is 5.46. The summed E-state index contributed by atoms with van der Waals surface area (Å²) in [5.74, 6) is 1.22. The monoisotopic (exact) mass is 220 g/mol. The third-order valence-corrected chi connectivity index (χ3v) is 2.22. The highest BCUT2D eigenvalue weighted by atomic mass is 16.5. The number of aromatic nitrogens is 3. The van der Waals surface area contributed by atoms with E-state index in [0.29, 0.717) is 23.7 Å². The van der Waals surface area contributed by atoms with Crippen LogP contribution in [-0.2, 0) is 6.42 Å². The zero-order valence-corrected chi connectivity index (χ0v) is 8.78. The molecule has 0 saturated heterocycles. The highest BCUT2D eigenvalue weighted by Crippen LogP contribution is 2.22. The van der Waals surface area contributed by atoms with Gasteiger partial charge in [0.05, 0.1) is 12.8 Å². The molecule has 84 valence electrons. The van der Waals surface area contributed by atoms with Crippen LogP contribution in [0, 0.1) is 0 Å². The van der Waals surface area contributed by atoms with Crippen LogP contribution in [0.4, 0.5) is 5.69 Å². The number of nitrogens with two attached hydrogens (primary N) is 1. The quantitative estimate of drug-likeness (QED) is 0.647. The number of nitrogen functional groups attached to an aromatic ring is 1. The lowest BCUT2D eigenvalue weighted by Gasteiger charge is -2.05. The number of hydrogen-bond acceptors (Lipinski definition) is 4. The average Bonchev–Trinajstić information content (AvgIpc) is 2.64. The lowest BCUT2D eigenvalue weighted by molar-refractivity contribution is 0.417. The zero-order valence-electron chi connectivity index (χ0n) is 8.78. The molecule has 0 atom stereocenters. The van der Waals surface area contributed by atoms with Crippen molar-refractivity contribution in [2.45, 2.75) is 6.42 Å². The van der Waals surface area contributed by atoms with Crippen LogP contribution in [0.1, 0.15) is 11.4 Å². The third-order valence-electron chi connectivity index (χ3n) is 2.22. The highest BCUT2D eigenvalue weighted by Gasteiger charge is 2.04. The molecule has 0 aliphatic heterocycles. The Morgan fingerprint density at radius 3 is 2.88 bits per heavy atom. The number of hydrogen-bond donors (Lipinski definition) is 3. The van der Waals surface area contributed by atoms with Gasteiger partial charge in [0.1, 0.15) is 11.6 Å². The lowest BCUT2D eigenvalue weighted by Crippen LogP contribution is -2.01. The molecule has 0 spiro atoms. The second kappa shape index (κ2) is 4.09. The fourth-order valence-electron chi connectivity index (χ4n) is 1.48. The van der Waals surface area contributed by atoms with E-state index in [-0.39, 0.29) is 5.69 Å². The molecular weight excluding hydrogens is 208 g/mol. The molecule has 0 aliphatic carbocycles. The van der Waals surface area contributed by atoms with Crippen molar-refractivity contribution in [1.29, 1.82) is 0 Å². The molecule has 0 saturated carbocycles. The van der Waals surface area contributed by atoms with E-state index in [4.69, 9.17) is 10.5 Å². The Morgan fingerprint density at radius 2 is 2.31 bits per heavy atom. The van der Waals surface area contributed by atoms with Gasteiger partial charge in [-0.15, -0.1) is 0 Å². The van der Waals surface area contributed by atoms with Gasteiger partial charge >= 0.3 is 5.69 Å². The van der Waals surface area contributed by atoms with Crippen LogP contribution < -0.4 is 16.2 Å². The van der Waals surface area contributed by atoms with Crippen LogP contribution in [-0.4, -0.2) is 22.3 Å². The molecule has 1 aromatic heterocycles. The van der Waals surface area contributed by atoms with Crippen molar-refractivity contribution < 1.29 is 4.74 Å². The van der Waals surface area contributed by atoms with Gasteiger partial charge in [-0.25, -0.2) is 9.89 Å². The first-order valence-corrected chi connectivity index (χ1v) is 4.75. The van der Waals surface area contributed by atoms with Gasteiger partial charge in [0.25, 0.3) is 0 Å². The second-order valence-corrected chi connectivity index (χ2v) is 3.38. The minimum absolute atomic E-state index is 0.309. The number of nitrogens with one attached hydrogen (secondary N) is 2. The Kier molecular flexibility index (Phi) is 2.63. The number of rotatable bonds is 3. The maximum Gasteiger partial charge on any atom is 0.340 e. The van der Waals surface area contributed by atoms with Gasteiger partial charge in [-0.05, 0) is 17.7 Å². The Hall–Kier alpha value is -2.24. The summed E-state index contributed by atoms with van der Waals surface area (Å²) in [4.78, 5) is 13.4. The van der Waals surface area contributed by atoms with Gasteiger partial charge in [0.2, 0.25) is 0 Å². The summed E-state index contributed by atoms with van der Waals surface area (Å²) in [6.45, 7) is 0. The van der Waals surface area contributed by atoms with Crippen molar-refractivity contribution in [2.75, 3.05) is 12.8 Å². The van der Waals surface area contributed by atoms with Gasteiger partial charge < -0.3 is 10.5 Å². The number of methoxy groups -OCH3 is 1. The molecule has 1 heterocycles. The summed E-state index contributed by atoms with van der Waals surface area (Å²) in [5.41, 5.74) is 6.98. The fourth-order valence-corrected chi connectivity index (χ4v) is 1.48. The lowest BCUT2D eigenvalue weighted by atomic mass is 10.1. The molecule has 1 aromatic carbocycles. The largest absolute Gasteiger partial charge is 0.495 e. The van der Waals surface area contributed by atoms with Gasteiger partial charge in [-0.1, -0.05) is 6.07 Å². The number of H-pyrrole nitrogens is 2. The van der Waals surface area contributed by atoms with Gasteiger partial charge in [0.15, 0.2) is 0 Å². The van der Waals surface area contributed by atoms with E-state index in [0.717, 1.165) is 5.56 Å². The molecule has 0 unspecified atom stereocenters. The summed E-state index contributed by atoms with van der Waals surface area (Å²) >= 11 is 0. The van der Waals surface area contributed by atoms with Crippen LogP contribution in [0.25, 0.3) is 0 Å². The van der Waals surface area contributed by atoms with Crippen LogP contribution >= 0.6 is 0 Å².